The van der Waals surface area contributed by atoms with Crippen molar-refractivity contribution < 1.29 is 13.9 Å². The van der Waals surface area contributed by atoms with Crippen LogP contribution in [-0.4, -0.2) is 22.5 Å². The summed E-state index contributed by atoms with van der Waals surface area (Å²) in [6.07, 6.45) is 9.14. The van der Waals surface area contributed by atoms with E-state index in [1.165, 1.54) is 24.9 Å². The Kier molecular flexibility index (Phi) is 5.41. The first-order valence-electron chi connectivity index (χ1n) is 8.87. The van der Waals surface area contributed by atoms with E-state index in [0.29, 0.717) is 24.4 Å². The summed E-state index contributed by atoms with van der Waals surface area (Å²) in [6, 6.07) is 6.89. The number of esters is 1. The average Bonchev–Trinajstić information content (AvgIpc) is 2.63. The lowest BCUT2D eigenvalue weighted by molar-refractivity contribution is 0.0525. The molecule has 0 atom stereocenters. The second kappa shape index (κ2) is 7.72. The van der Waals surface area contributed by atoms with Crippen LogP contribution in [0.25, 0.3) is 0 Å². The summed E-state index contributed by atoms with van der Waals surface area (Å²) in [7, 11) is 0. The zero-order valence-electron chi connectivity index (χ0n) is 14.5. The van der Waals surface area contributed by atoms with Gasteiger partial charge in [0, 0.05) is 24.2 Å². The molecule has 0 unspecified atom stereocenters. The van der Waals surface area contributed by atoms with Crippen LogP contribution in [0.1, 0.15) is 60.8 Å². The van der Waals surface area contributed by atoms with Gasteiger partial charge in [0.2, 0.25) is 0 Å². The molecule has 1 aliphatic carbocycles. The van der Waals surface area contributed by atoms with Gasteiger partial charge in [-0.05, 0) is 37.5 Å². The Balaban J connectivity index is 1.85. The van der Waals surface area contributed by atoms with Crippen molar-refractivity contribution in [3.63, 3.8) is 0 Å². The van der Waals surface area contributed by atoms with E-state index in [9.17, 15) is 9.18 Å². The maximum Gasteiger partial charge on any atom is 0.341 e. The van der Waals surface area contributed by atoms with Crippen molar-refractivity contribution in [1.82, 2.24) is 9.97 Å². The molecule has 0 amide bonds. The molecule has 1 heterocycles. The van der Waals surface area contributed by atoms with E-state index in [1.54, 1.807) is 19.1 Å². The first-order valence-corrected chi connectivity index (χ1v) is 8.87. The van der Waals surface area contributed by atoms with Gasteiger partial charge in [-0.15, -0.1) is 0 Å². The minimum atomic E-state index is -0.411. The molecular weight excluding hydrogens is 319 g/mol. The summed E-state index contributed by atoms with van der Waals surface area (Å²) >= 11 is 0. The molecule has 1 aromatic heterocycles. The number of rotatable bonds is 5. The van der Waals surface area contributed by atoms with Crippen LogP contribution in [0.2, 0.25) is 0 Å². The highest BCUT2D eigenvalue weighted by Crippen LogP contribution is 2.41. The maximum absolute atomic E-state index is 13.8. The van der Waals surface area contributed by atoms with Crippen LogP contribution in [0.3, 0.4) is 0 Å². The summed E-state index contributed by atoms with van der Waals surface area (Å²) in [4.78, 5) is 20.5. The molecule has 1 fully saturated rings. The third-order valence-corrected chi connectivity index (χ3v) is 4.96. The van der Waals surface area contributed by atoms with Gasteiger partial charge in [0.1, 0.15) is 11.6 Å². The van der Waals surface area contributed by atoms with Gasteiger partial charge in [-0.25, -0.2) is 19.2 Å². The third-order valence-electron chi connectivity index (χ3n) is 4.96. The predicted octanol–water partition coefficient (Wildman–Crippen LogP) is 4.24. The van der Waals surface area contributed by atoms with Gasteiger partial charge in [0.15, 0.2) is 0 Å². The van der Waals surface area contributed by atoms with Crippen molar-refractivity contribution in [2.45, 2.75) is 50.9 Å². The molecule has 0 saturated heterocycles. The molecule has 3 rings (SSSR count). The summed E-state index contributed by atoms with van der Waals surface area (Å²) in [5.41, 5.74) is 1.24. The molecule has 4 nitrogen and oxygen atoms in total. The van der Waals surface area contributed by atoms with Crippen LogP contribution < -0.4 is 0 Å². The minimum absolute atomic E-state index is 0.133. The standard InChI is InChI=1S/C20H23FN2O2/c1-2-25-19(24)15-13-22-18(23-14-15)12-20(9-4-3-5-10-20)16-7-6-8-17(21)11-16/h6-8,11,13-14H,2-5,9-10,12H2,1H3. The van der Waals surface area contributed by atoms with Crippen LogP contribution in [0.15, 0.2) is 36.7 Å². The fraction of sp³-hybridized carbons (Fsp3) is 0.450. The number of hydrogen-bond donors (Lipinski definition) is 0. The molecular formula is C20H23FN2O2. The molecule has 0 aliphatic heterocycles. The Morgan fingerprint density at radius 1 is 1.20 bits per heavy atom. The highest BCUT2D eigenvalue weighted by Gasteiger charge is 2.35. The van der Waals surface area contributed by atoms with Crippen molar-refractivity contribution in [2.75, 3.05) is 6.61 Å². The van der Waals surface area contributed by atoms with Gasteiger partial charge >= 0.3 is 5.97 Å². The topological polar surface area (TPSA) is 52.1 Å². The Bertz CT molecular complexity index is 725. The molecule has 0 bridgehead atoms. The van der Waals surface area contributed by atoms with E-state index in [-0.39, 0.29) is 11.2 Å². The van der Waals surface area contributed by atoms with Crippen LogP contribution in [0.5, 0.6) is 0 Å². The van der Waals surface area contributed by atoms with E-state index in [2.05, 4.69) is 9.97 Å². The summed E-state index contributed by atoms with van der Waals surface area (Å²) < 4.78 is 18.7. The normalized spacial score (nSPS) is 16.4. The van der Waals surface area contributed by atoms with Gasteiger partial charge in [-0.3, -0.25) is 0 Å². The van der Waals surface area contributed by atoms with E-state index in [1.807, 2.05) is 6.07 Å². The second-order valence-electron chi connectivity index (χ2n) is 6.64. The molecule has 5 heteroatoms. The van der Waals surface area contributed by atoms with Gasteiger partial charge in [-0.2, -0.15) is 0 Å². The molecule has 1 aromatic carbocycles. The van der Waals surface area contributed by atoms with Crippen LogP contribution in [0.4, 0.5) is 4.39 Å². The lowest BCUT2D eigenvalue weighted by Crippen LogP contribution is -2.32. The van der Waals surface area contributed by atoms with E-state index >= 15 is 0 Å². The van der Waals surface area contributed by atoms with Crippen LogP contribution >= 0.6 is 0 Å². The SMILES string of the molecule is CCOC(=O)c1cnc(CC2(c3cccc(F)c3)CCCCC2)nc1. The molecule has 132 valence electrons. The maximum atomic E-state index is 13.8. The molecule has 1 aliphatic rings. The van der Waals surface area contributed by atoms with E-state index < -0.39 is 5.97 Å². The fourth-order valence-corrected chi connectivity index (χ4v) is 3.68. The molecule has 0 radical (unpaired) electrons. The minimum Gasteiger partial charge on any atom is -0.462 e. The second-order valence-corrected chi connectivity index (χ2v) is 6.64. The van der Waals surface area contributed by atoms with Gasteiger partial charge < -0.3 is 4.74 Å². The Morgan fingerprint density at radius 3 is 2.56 bits per heavy atom. The number of nitrogens with zero attached hydrogens (tertiary/aromatic N) is 2. The van der Waals surface area contributed by atoms with Crippen LogP contribution in [0, 0.1) is 5.82 Å². The van der Waals surface area contributed by atoms with E-state index in [0.717, 1.165) is 31.2 Å². The highest BCUT2D eigenvalue weighted by atomic mass is 19.1. The quantitative estimate of drug-likeness (QED) is 0.763. The number of aromatic nitrogens is 2. The predicted molar refractivity (Wildman–Crippen MR) is 92.9 cm³/mol. The average molecular weight is 342 g/mol. The van der Waals surface area contributed by atoms with Crippen molar-refractivity contribution in [3.8, 4) is 0 Å². The van der Waals surface area contributed by atoms with Gasteiger partial charge in [-0.1, -0.05) is 31.4 Å². The lowest BCUT2D eigenvalue weighted by Gasteiger charge is -2.37. The Hall–Kier alpha value is -2.30. The number of hydrogen-bond acceptors (Lipinski definition) is 4. The zero-order valence-corrected chi connectivity index (χ0v) is 14.5. The smallest absolute Gasteiger partial charge is 0.341 e. The number of carbonyl (C=O) groups excluding carboxylic acids is 1. The fourth-order valence-electron chi connectivity index (χ4n) is 3.68. The monoisotopic (exact) mass is 342 g/mol. The molecule has 2 aromatic rings. The molecule has 0 N–H and O–H groups in total. The summed E-state index contributed by atoms with van der Waals surface area (Å²) in [5, 5.41) is 0. The van der Waals surface area contributed by atoms with Gasteiger partial charge in [0.25, 0.3) is 0 Å². The van der Waals surface area contributed by atoms with Crippen molar-refractivity contribution in [2.24, 2.45) is 0 Å². The Labute approximate surface area is 147 Å². The van der Waals surface area contributed by atoms with Crippen LogP contribution in [-0.2, 0) is 16.6 Å². The van der Waals surface area contributed by atoms with Crippen molar-refractivity contribution in [3.05, 3.63) is 59.4 Å². The molecule has 25 heavy (non-hydrogen) atoms. The highest BCUT2D eigenvalue weighted by molar-refractivity contribution is 5.88. The first-order chi connectivity index (χ1) is 12.1. The Morgan fingerprint density at radius 2 is 1.92 bits per heavy atom. The number of halogens is 1. The lowest BCUT2D eigenvalue weighted by atomic mass is 9.67. The van der Waals surface area contributed by atoms with E-state index in [4.69, 9.17) is 4.74 Å². The first kappa shape index (κ1) is 17.5. The number of ether oxygens (including phenoxy) is 1. The van der Waals surface area contributed by atoms with Crippen molar-refractivity contribution >= 4 is 5.97 Å². The molecule has 1 saturated carbocycles. The number of benzene rings is 1. The largest absolute Gasteiger partial charge is 0.462 e. The summed E-state index contributed by atoms with van der Waals surface area (Å²) in [6.45, 7) is 2.09. The van der Waals surface area contributed by atoms with Gasteiger partial charge in [0.05, 0.1) is 12.2 Å². The third kappa shape index (κ3) is 4.03. The van der Waals surface area contributed by atoms with Crippen molar-refractivity contribution in [1.29, 1.82) is 0 Å². The molecule has 0 spiro atoms. The summed E-state index contributed by atoms with van der Waals surface area (Å²) in [5.74, 6) is 0.0618. The number of carbonyl (C=O) groups is 1. The zero-order chi connectivity index (χ0) is 17.7.